The van der Waals surface area contributed by atoms with E-state index in [1.54, 1.807) is 36.4 Å². The van der Waals surface area contributed by atoms with Crippen molar-refractivity contribution in [2.75, 3.05) is 26.3 Å². The number of morpholine rings is 1. The first-order chi connectivity index (χ1) is 18.3. The molecule has 1 N–H and O–H groups in total. The highest BCUT2D eigenvalue weighted by Gasteiger charge is 2.32. The molecule has 9 nitrogen and oxygen atoms in total. The molecule has 1 aromatic heterocycles. The van der Waals surface area contributed by atoms with Crippen molar-refractivity contribution in [2.45, 2.75) is 25.9 Å². The summed E-state index contributed by atoms with van der Waals surface area (Å²) >= 11 is 2.00. The van der Waals surface area contributed by atoms with Gasteiger partial charge >= 0.3 is 5.97 Å². The van der Waals surface area contributed by atoms with Crippen molar-refractivity contribution < 1.29 is 23.5 Å². The number of nitrogens with one attached hydrogen (secondary N) is 1. The van der Waals surface area contributed by atoms with Crippen LogP contribution in [0.2, 0.25) is 0 Å². The average molecular weight is 634 g/mol. The standard InChI is InChI=1S/C27H28FIN4O5/c1-3-12-33-13-14-37-16-21(33)24-31-22(25(34)30-15-17-8-10-18(28)11-9-17)23(26(35)32(24)2)38-27(36)19-6-4-5-7-20(19)29/h4-11,21H,3,12-16H2,1-2H3,(H,30,34). The minimum Gasteiger partial charge on any atom is -0.414 e. The molecule has 1 amide bonds. The molecule has 0 radical (unpaired) electrons. The maximum atomic E-state index is 13.5. The van der Waals surface area contributed by atoms with Crippen LogP contribution < -0.4 is 15.6 Å². The Balaban J connectivity index is 1.73. The van der Waals surface area contributed by atoms with Gasteiger partial charge in [-0.05, 0) is 65.4 Å². The second-order valence-electron chi connectivity index (χ2n) is 8.82. The van der Waals surface area contributed by atoms with Crippen molar-refractivity contribution in [3.05, 3.63) is 90.9 Å². The maximum Gasteiger partial charge on any atom is 0.344 e. The topological polar surface area (TPSA) is 103 Å². The molecule has 1 saturated heterocycles. The summed E-state index contributed by atoms with van der Waals surface area (Å²) in [6.45, 7) is 4.40. The van der Waals surface area contributed by atoms with Crippen LogP contribution >= 0.6 is 22.6 Å². The van der Waals surface area contributed by atoms with Crippen molar-refractivity contribution in [1.29, 1.82) is 0 Å². The van der Waals surface area contributed by atoms with Gasteiger partial charge in [0.05, 0.1) is 24.8 Å². The zero-order valence-corrected chi connectivity index (χ0v) is 23.2. The SMILES string of the molecule is CCCN1CCOCC1c1nc(C(=O)NCc2ccc(F)cc2)c(OC(=O)c2ccccc2I)c(=O)n1C. The van der Waals surface area contributed by atoms with Gasteiger partial charge in [-0.1, -0.05) is 31.2 Å². The van der Waals surface area contributed by atoms with Gasteiger partial charge in [-0.3, -0.25) is 19.1 Å². The van der Waals surface area contributed by atoms with Gasteiger partial charge in [0.15, 0.2) is 5.69 Å². The van der Waals surface area contributed by atoms with E-state index in [1.807, 2.05) is 22.6 Å². The van der Waals surface area contributed by atoms with E-state index in [1.165, 1.54) is 23.7 Å². The van der Waals surface area contributed by atoms with Crippen LogP contribution in [0.25, 0.3) is 0 Å². The van der Waals surface area contributed by atoms with Crippen LogP contribution in [-0.4, -0.2) is 52.6 Å². The Morgan fingerprint density at radius 1 is 1.21 bits per heavy atom. The molecule has 0 saturated carbocycles. The molecule has 200 valence electrons. The van der Waals surface area contributed by atoms with Crippen LogP contribution in [0.3, 0.4) is 0 Å². The summed E-state index contributed by atoms with van der Waals surface area (Å²) in [5.74, 6) is -1.99. The van der Waals surface area contributed by atoms with E-state index in [2.05, 4.69) is 22.1 Å². The molecule has 38 heavy (non-hydrogen) atoms. The van der Waals surface area contributed by atoms with Gasteiger partial charge in [-0.15, -0.1) is 0 Å². The van der Waals surface area contributed by atoms with Gasteiger partial charge in [0.1, 0.15) is 11.6 Å². The van der Waals surface area contributed by atoms with Crippen LogP contribution in [0.4, 0.5) is 4.39 Å². The molecule has 0 aliphatic carbocycles. The third-order valence-electron chi connectivity index (χ3n) is 6.20. The number of rotatable bonds is 8. The summed E-state index contributed by atoms with van der Waals surface area (Å²) in [7, 11) is 1.53. The highest BCUT2D eigenvalue weighted by Crippen LogP contribution is 2.25. The molecule has 0 spiro atoms. The number of nitrogens with zero attached hydrogens (tertiary/aromatic N) is 3. The average Bonchev–Trinajstić information content (AvgIpc) is 2.92. The molecule has 1 aliphatic rings. The van der Waals surface area contributed by atoms with Crippen molar-refractivity contribution in [3.63, 3.8) is 0 Å². The minimum absolute atomic E-state index is 0.0593. The van der Waals surface area contributed by atoms with Gasteiger partial charge in [0, 0.05) is 23.7 Å². The van der Waals surface area contributed by atoms with E-state index in [0.717, 1.165) is 13.0 Å². The third kappa shape index (κ3) is 6.27. The third-order valence-corrected chi connectivity index (χ3v) is 7.14. The van der Waals surface area contributed by atoms with E-state index in [4.69, 9.17) is 9.47 Å². The molecule has 1 aliphatic heterocycles. The fourth-order valence-electron chi connectivity index (χ4n) is 4.22. The van der Waals surface area contributed by atoms with Crippen LogP contribution in [0.15, 0.2) is 53.3 Å². The number of ether oxygens (including phenoxy) is 2. The lowest BCUT2D eigenvalue weighted by atomic mass is 10.1. The van der Waals surface area contributed by atoms with Crippen LogP contribution in [0.5, 0.6) is 5.75 Å². The summed E-state index contributed by atoms with van der Waals surface area (Å²) < 4.78 is 26.4. The summed E-state index contributed by atoms with van der Waals surface area (Å²) in [6.07, 6.45) is 0.890. The van der Waals surface area contributed by atoms with Crippen molar-refractivity contribution in [1.82, 2.24) is 19.8 Å². The van der Waals surface area contributed by atoms with Gasteiger partial charge in [-0.25, -0.2) is 14.2 Å². The second kappa shape index (κ2) is 12.6. The fourth-order valence-corrected chi connectivity index (χ4v) is 4.82. The first-order valence-electron chi connectivity index (χ1n) is 12.2. The Hall–Kier alpha value is -3.16. The molecule has 1 unspecified atom stereocenters. The van der Waals surface area contributed by atoms with Crippen molar-refractivity contribution in [3.8, 4) is 5.75 Å². The first kappa shape index (κ1) is 27.9. The van der Waals surface area contributed by atoms with Crippen LogP contribution in [0, 0.1) is 9.39 Å². The van der Waals surface area contributed by atoms with E-state index in [9.17, 15) is 18.8 Å². The predicted molar refractivity (Wildman–Crippen MR) is 147 cm³/mol. The first-order valence-corrected chi connectivity index (χ1v) is 13.3. The van der Waals surface area contributed by atoms with Crippen LogP contribution in [-0.2, 0) is 18.3 Å². The number of carbonyl (C=O) groups excluding carboxylic acids is 2. The highest BCUT2D eigenvalue weighted by molar-refractivity contribution is 14.1. The van der Waals surface area contributed by atoms with Gasteiger partial charge in [-0.2, -0.15) is 0 Å². The molecular weight excluding hydrogens is 606 g/mol. The number of halogens is 2. The van der Waals surface area contributed by atoms with Crippen molar-refractivity contribution >= 4 is 34.5 Å². The quantitative estimate of drug-likeness (QED) is 0.299. The Labute approximate surface area is 233 Å². The molecule has 11 heteroatoms. The summed E-state index contributed by atoms with van der Waals surface area (Å²) in [4.78, 5) is 46.7. The zero-order chi connectivity index (χ0) is 27.2. The fraction of sp³-hybridized carbons (Fsp3) is 0.333. The van der Waals surface area contributed by atoms with Crippen LogP contribution in [0.1, 0.15) is 51.6 Å². The van der Waals surface area contributed by atoms with Gasteiger partial charge < -0.3 is 14.8 Å². The van der Waals surface area contributed by atoms with E-state index < -0.39 is 29.0 Å². The molecule has 0 bridgehead atoms. The lowest BCUT2D eigenvalue weighted by Gasteiger charge is -2.35. The summed E-state index contributed by atoms with van der Waals surface area (Å²) in [6, 6.07) is 12.1. The number of esters is 1. The normalized spacial score (nSPS) is 15.7. The van der Waals surface area contributed by atoms with Gasteiger partial charge in [0.25, 0.3) is 11.5 Å². The van der Waals surface area contributed by atoms with E-state index in [0.29, 0.717) is 34.7 Å². The van der Waals surface area contributed by atoms with Crippen molar-refractivity contribution in [2.24, 2.45) is 7.05 Å². The van der Waals surface area contributed by atoms with E-state index >= 15 is 0 Å². The lowest BCUT2D eigenvalue weighted by molar-refractivity contribution is -0.0131. The molecule has 2 aromatic carbocycles. The maximum absolute atomic E-state index is 13.5. The number of amides is 1. The predicted octanol–water partition coefficient (Wildman–Crippen LogP) is 3.46. The number of carbonyl (C=O) groups is 2. The summed E-state index contributed by atoms with van der Waals surface area (Å²) in [5, 5.41) is 2.70. The van der Waals surface area contributed by atoms with Gasteiger partial charge in [0.2, 0.25) is 5.75 Å². The minimum atomic E-state index is -0.775. The summed E-state index contributed by atoms with van der Waals surface area (Å²) in [5.41, 5.74) is -0.0579. The Morgan fingerprint density at radius 2 is 1.95 bits per heavy atom. The molecule has 4 rings (SSSR count). The molecule has 1 fully saturated rings. The molecule has 1 atom stereocenters. The lowest BCUT2D eigenvalue weighted by Crippen LogP contribution is -2.43. The Kier molecular flexibility index (Phi) is 9.23. The zero-order valence-electron chi connectivity index (χ0n) is 21.1. The van der Waals surface area contributed by atoms with E-state index in [-0.39, 0.29) is 23.8 Å². The number of aromatic nitrogens is 2. The number of hydrogen-bond donors (Lipinski definition) is 1. The largest absolute Gasteiger partial charge is 0.414 e. The molecular formula is C27H28FIN4O5. The number of benzene rings is 2. The monoisotopic (exact) mass is 634 g/mol. The molecule has 2 heterocycles. The smallest absolute Gasteiger partial charge is 0.344 e. The highest BCUT2D eigenvalue weighted by atomic mass is 127. The Morgan fingerprint density at radius 3 is 2.66 bits per heavy atom. The Bertz CT molecular complexity index is 1380. The molecule has 3 aromatic rings. The second-order valence-corrected chi connectivity index (χ2v) is 9.98. The number of hydrogen-bond acceptors (Lipinski definition) is 7.